The molecule has 0 radical (unpaired) electrons. The van der Waals surface area contributed by atoms with E-state index in [2.05, 4.69) is 10.6 Å². The Labute approximate surface area is 422 Å². The first-order chi connectivity index (χ1) is 34.8. The molecule has 4 heterocycles. The Hall–Kier alpha value is -7.32. The monoisotopic (exact) mass is 1000 g/mol. The van der Waals surface area contributed by atoms with E-state index in [1.54, 1.807) is 49.6 Å². The number of nitrogens with two attached hydrogens (primary N) is 2. The van der Waals surface area contributed by atoms with Crippen LogP contribution in [0.5, 0.6) is 0 Å². The molecule has 3 fully saturated rings. The highest BCUT2D eigenvalue weighted by molar-refractivity contribution is 6.00. The smallest absolute Gasteiger partial charge is 0.293 e. The molecule has 0 saturated carbocycles. The van der Waals surface area contributed by atoms with Crippen molar-refractivity contribution in [2.75, 3.05) is 46.6 Å². The average Bonchev–Trinajstić information content (AvgIpc) is 4.17. The van der Waals surface area contributed by atoms with Crippen molar-refractivity contribution in [3.8, 4) is 0 Å². The minimum absolute atomic E-state index is 0.0695. The van der Waals surface area contributed by atoms with E-state index in [9.17, 15) is 39.4 Å². The Morgan fingerprint density at radius 1 is 0.658 bits per heavy atom. The van der Waals surface area contributed by atoms with Crippen LogP contribution in [-0.4, -0.2) is 93.6 Å². The van der Waals surface area contributed by atoms with Gasteiger partial charge in [-0.1, -0.05) is 76.2 Å². The third-order valence-electron chi connectivity index (χ3n) is 14.8. The van der Waals surface area contributed by atoms with Gasteiger partial charge < -0.3 is 41.7 Å². The molecule has 0 aromatic heterocycles. The standard InChI is InChI=1S/C53H62F2N10O8/c1-30(2)47(56)52(68)61-22-8-12-43(61)50(66)58-39-16-14-34(26-45(39)64(70)71)41-18-19-42(63(41)36-28-37(54)49(38(55)29-36)60-24-20-33(21-25-60)32-10-6-5-7-11-32)35-15-17-40(46(27-35)65(72)73)59-51(67)44-13-9-23-62(44)53(69)48(57)31(3)4/h5-7,10-11,14-17,20,26-31,41-44,47-48H,8-9,12-13,18-19,21-25,56-57H2,1-4H3,(H,58,66)(H,59,67)/t41-,42-,43+,44+,47+,48+/m1/s1. The highest BCUT2D eigenvalue weighted by Crippen LogP contribution is 2.50. The second kappa shape index (κ2) is 21.8. The molecule has 0 spiro atoms. The quantitative estimate of drug-likeness (QED) is 0.0654. The third-order valence-corrected chi connectivity index (χ3v) is 14.8. The van der Waals surface area contributed by atoms with Crippen molar-refractivity contribution in [1.29, 1.82) is 0 Å². The molecule has 3 saturated heterocycles. The summed E-state index contributed by atoms with van der Waals surface area (Å²) >= 11 is 0. The van der Waals surface area contributed by atoms with Gasteiger partial charge in [0.15, 0.2) is 11.6 Å². The molecule has 20 heteroatoms. The number of likely N-dealkylation sites (tertiary alicyclic amines) is 2. The summed E-state index contributed by atoms with van der Waals surface area (Å²) in [5.74, 6) is -4.08. The Morgan fingerprint density at radius 3 is 1.53 bits per heavy atom. The van der Waals surface area contributed by atoms with E-state index in [1.165, 1.54) is 46.2 Å². The summed E-state index contributed by atoms with van der Waals surface area (Å²) in [5, 5.41) is 30.9. The number of nitrogens with one attached hydrogen (secondary N) is 2. The first kappa shape index (κ1) is 52.0. The van der Waals surface area contributed by atoms with Crippen molar-refractivity contribution in [3.05, 3.63) is 133 Å². The van der Waals surface area contributed by atoms with Gasteiger partial charge in [0.2, 0.25) is 23.6 Å². The Balaban J connectivity index is 1.12. The van der Waals surface area contributed by atoms with Crippen molar-refractivity contribution < 1.29 is 37.8 Å². The van der Waals surface area contributed by atoms with E-state index < -0.39 is 80.9 Å². The third kappa shape index (κ3) is 10.8. The number of benzene rings is 4. The molecule has 4 aliphatic heterocycles. The highest BCUT2D eigenvalue weighted by Gasteiger charge is 2.42. The SMILES string of the molecule is CC(C)[C@H](N)C(=O)N1CCC[C@H]1C(=O)Nc1ccc([C@H]2CC[C@H](c3ccc(NC(=O)[C@@H]4CCCN4C(=O)[C@@H](N)C(C)C)c([N+](=O)[O-])c3)N2c2cc(F)c(N3CC=C(c4ccccc4)CC3)c(F)c2)cc1[N+](=O)[O-]. The zero-order chi connectivity index (χ0) is 52.4. The van der Waals surface area contributed by atoms with Crippen molar-refractivity contribution in [1.82, 2.24) is 9.80 Å². The number of carbonyl (C=O) groups excluding carboxylic acids is 4. The molecule has 6 N–H and O–H groups in total. The lowest BCUT2D eigenvalue weighted by Gasteiger charge is -2.35. The van der Waals surface area contributed by atoms with Crippen LogP contribution in [0, 0.1) is 43.7 Å². The Bertz CT molecular complexity index is 2680. The minimum Gasteiger partial charge on any atom is -0.363 e. The van der Waals surface area contributed by atoms with Gasteiger partial charge in [0.05, 0.1) is 34.0 Å². The molecule has 0 aliphatic carbocycles. The fourth-order valence-corrected chi connectivity index (χ4v) is 10.6. The largest absolute Gasteiger partial charge is 0.363 e. The first-order valence-corrected chi connectivity index (χ1v) is 24.9. The summed E-state index contributed by atoms with van der Waals surface area (Å²) in [6, 6.07) is 15.6. The zero-order valence-electron chi connectivity index (χ0n) is 41.3. The number of carbonyl (C=O) groups is 4. The summed E-state index contributed by atoms with van der Waals surface area (Å²) < 4.78 is 33.3. The molecule has 6 atom stereocenters. The average molecular weight is 1010 g/mol. The van der Waals surface area contributed by atoms with Gasteiger partial charge in [-0.05, 0) is 103 Å². The van der Waals surface area contributed by atoms with E-state index >= 15 is 8.78 Å². The highest BCUT2D eigenvalue weighted by atomic mass is 19.1. The molecule has 73 heavy (non-hydrogen) atoms. The van der Waals surface area contributed by atoms with Gasteiger partial charge in [0.1, 0.15) is 29.1 Å². The minimum atomic E-state index is -0.902. The van der Waals surface area contributed by atoms with Crippen LogP contribution >= 0.6 is 0 Å². The number of amides is 4. The number of anilines is 4. The van der Waals surface area contributed by atoms with E-state index in [0.717, 1.165) is 11.1 Å². The maximum absolute atomic E-state index is 16.6. The van der Waals surface area contributed by atoms with Crippen molar-refractivity contribution in [3.63, 3.8) is 0 Å². The maximum Gasteiger partial charge on any atom is 0.293 e. The number of halogens is 2. The van der Waals surface area contributed by atoms with Gasteiger partial charge in [0.25, 0.3) is 11.4 Å². The lowest BCUT2D eigenvalue weighted by Crippen LogP contribution is -2.51. The molecule has 4 amide bonds. The molecular weight excluding hydrogens is 943 g/mol. The number of rotatable bonds is 15. The van der Waals surface area contributed by atoms with E-state index in [0.29, 0.717) is 62.9 Å². The van der Waals surface area contributed by atoms with Crippen molar-refractivity contribution in [2.45, 2.75) is 109 Å². The number of hydrogen-bond acceptors (Lipinski definition) is 12. The van der Waals surface area contributed by atoms with Crippen molar-refractivity contribution in [2.24, 2.45) is 23.3 Å². The van der Waals surface area contributed by atoms with Crippen LogP contribution in [0.4, 0.5) is 42.9 Å². The van der Waals surface area contributed by atoms with E-state index in [4.69, 9.17) is 11.5 Å². The van der Waals surface area contributed by atoms with Gasteiger partial charge in [0, 0.05) is 44.0 Å². The summed E-state index contributed by atoms with van der Waals surface area (Å²) in [6.45, 7) is 8.38. The molecule has 4 aromatic rings. The predicted octanol–water partition coefficient (Wildman–Crippen LogP) is 7.98. The molecule has 0 unspecified atom stereocenters. The summed E-state index contributed by atoms with van der Waals surface area (Å²) in [4.78, 5) is 84.3. The lowest BCUT2D eigenvalue weighted by molar-refractivity contribution is -0.384. The van der Waals surface area contributed by atoms with E-state index in [1.807, 2.05) is 36.4 Å². The van der Waals surface area contributed by atoms with Gasteiger partial charge in [-0.3, -0.25) is 39.4 Å². The fraction of sp³-hybridized carbons (Fsp3) is 0.434. The molecule has 0 bridgehead atoms. The molecule has 386 valence electrons. The Morgan fingerprint density at radius 2 is 1.12 bits per heavy atom. The first-order valence-electron chi connectivity index (χ1n) is 24.9. The second-order valence-corrected chi connectivity index (χ2v) is 20.0. The van der Waals surface area contributed by atoms with Crippen LogP contribution in [0.1, 0.15) is 101 Å². The fourth-order valence-electron chi connectivity index (χ4n) is 10.6. The summed E-state index contributed by atoms with van der Waals surface area (Å²) in [5.41, 5.74) is 13.8. The maximum atomic E-state index is 16.6. The predicted molar refractivity (Wildman–Crippen MR) is 273 cm³/mol. The van der Waals surface area contributed by atoms with Gasteiger partial charge >= 0.3 is 0 Å². The van der Waals surface area contributed by atoms with Gasteiger partial charge in [-0.15, -0.1) is 0 Å². The number of nitro benzene ring substituents is 2. The van der Waals surface area contributed by atoms with E-state index in [-0.39, 0.29) is 65.8 Å². The normalized spacial score (nSPS) is 20.8. The summed E-state index contributed by atoms with van der Waals surface area (Å²) in [7, 11) is 0. The van der Waals surface area contributed by atoms with Crippen LogP contribution in [0.25, 0.3) is 5.57 Å². The van der Waals surface area contributed by atoms with Crippen LogP contribution in [0.3, 0.4) is 0 Å². The van der Waals surface area contributed by atoms with Crippen LogP contribution in [0.15, 0.2) is 84.9 Å². The van der Waals surface area contributed by atoms with Crippen LogP contribution in [0.2, 0.25) is 0 Å². The Kier molecular flexibility index (Phi) is 15.5. The van der Waals surface area contributed by atoms with Crippen LogP contribution in [-0.2, 0) is 19.2 Å². The molecule has 8 rings (SSSR count). The number of hydrogen-bond donors (Lipinski definition) is 4. The molecule has 4 aliphatic rings. The van der Waals surface area contributed by atoms with Gasteiger partial charge in [-0.25, -0.2) is 8.78 Å². The number of nitrogens with zero attached hydrogens (tertiary/aromatic N) is 6. The summed E-state index contributed by atoms with van der Waals surface area (Å²) in [6.07, 6.45) is 4.76. The number of nitro groups is 2. The van der Waals surface area contributed by atoms with Gasteiger partial charge in [-0.2, -0.15) is 0 Å². The second-order valence-electron chi connectivity index (χ2n) is 20.0. The molecular formula is C53H62F2N10O8. The zero-order valence-corrected chi connectivity index (χ0v) is 41.3. The molecule has 4 aromatic carbocycles. The molecule has 18 nitrogen and oxygen atoms in total. The lowest BCUT2D eigenvalue weighted by atomic mass is 9.99. The van der Waals surface area contributed by atoms with Crippen molar-refractivity contribution >= 4 is 63.3 Å². The topological polar surface area (TPSA) is 244 Å². The van der Waals surface area contributed by atoms with Crippen LogP contribution < -0.4 is 31.9 Å².